The first kappa shape index (κ1) is 12.7. The van der Waals surface area contributed by atoms with Gasteiger partial charge in [0.05, 0.1) is 10.7 Å². The molecule has 0 radical (unpaired) electrons. The maximum Gasteiger partial charge on any atom is 0.0926 e. The minimum atomic E-state index is 0.381. The lowest BCUT2D eigenvalue weighted by atomic mass is 10.1. The Hall–Kier alpha value is -0.410. The Morgan fingerprint density at radius 3 is 2.47 bits per heavy atom. The first-order valence-electron chi connectivity index (χ1n) is 5.91. The molecule has 0 spiro atoms. The Labute approximate surface area is 97.1 Å². The van der Waals surface area contributed by atoms with Crippen molar-refractivity contribution in [1.82, 2.24) is 10.3 Å². The SMILES string of the molecule is CCc1nc(C(C)NC(CC)CC)cs1. The molecular weight excluding hydrogens is 204 g/mol. The molecule has 1 rings (SSSR count). The second-order valence-corrected chi connectivity index (χ2v) is 4.86. The van der Waals surface area contributed by atoms with Crippen molar-refractivity contribution in [3.05, 3.63) is 16.1 Å². The minimum absolute atomic E-state index is 0.381. The van der Waals surface area contributed by atoms with Crippen LogP contribution in [0.5, 0.6) is 0 Å². The van der Waals surface area contributed by atoms with Gasteiger partial charge in [0, 0.05) is 17.5 Å². The molecule has 0 saturated heterocycles. The van der Waals surface area contributed by atoms with Gasteiger partial charge in [-0.25, -0.2) is 4.98 Å². The maximum atomic E-state index is 4.61. The number of nitrogens with one attached hydrogen (secondary N) is 1. The van der Waals surface area contributed by atoms with Gasteiger partial charge in [0.2, 0.25) is 0 Å². The fraction of sp³-hybridized carbons (Fsp3) is 0.750. The quantitative estimate of drug-likeness (QED) is 0.802. The lowest BCUT2D eigenvalue weighted by molar-refractivity contribution is 0.428. The summed E-state index contributed by atoms with van der Waals surface area (Å²) in [5.41, 5.74) is 1.20. The smallest absolute Gasteiger partial charge is 0.0926 e. The molecule has 0 bridgehead atoms. The van der Waals surface area contributed by atoms with E-state index in [2.05, 4.69) is 43.4 Å². The van der Waals surface area contributed by atoms with Gasteiger partial charge >= 0.3 is 0 Å². The number of aromatic nitrogens is 1. The Morgan fingerprint density at radius 2 is 2.00 bits per heavy atom. The van der Waals surface area contributed by atoms with Gasteiger partial charge in [-0.3, -0.25) is 0 Å². The summed E-state index contributed by atoms with van der Waals surface area (Å²) in [5.74, 6) is 0. The van der Waals surface area contributed by atoms with E-state index in [1.165, 1.54) is 23.5 Å². The standard InChI is InChI=1S/C12H22N2S/c1-5-10(6-2)13-9(4)11-8-15-12(7-3)14-11/h8-10,13H,5-7H2,1-4H3. The van der Waals surface area contributed by atoms with Gasteiger partial charge in [0.15, 0.2) is 0 Å². The lowest BCUT2D eigenvalue weighted by Crippen LogP contribution is -2.30. The van der Waals surface area contributed by atoms with E-state index in [-0.39, 0.29) is 0 Å². The van der Waals surface area contributed by atoms with E-state index in [9.17, 15) is 0 Å². The van der Waals surface area contributed by atoms with Crippen molar-refractivity contribution >= 4 is 11.3 Å². The molecule has 2 nitrogen and oxygen atoms in total. The monoisotopic (exact) mass is 226 g/mol. The zero-order valence-corrected chi connectivity index (χ0v) is 11.0. The van der Waals surface area contributed by atoms with Crippen molar-refractivity contribution in [3.8, 4) is 0 Å². The van der Waals surface area contributed by atoms with E-state index >= 15 is 0 Å². The first-order chi connectivity index (χ1) is 7.21. The number of thiazole rings is 1. The molecule has 0 aliphatic heterocycles. The minimum Gasteiger partial charge on any atom is -0.306 e. The molecular formula is C12H22N2S. The van der Waals surface area contributed by atoms with Crippen molar-refractivity contribution in [2.45, 2.75) is 59.0 Å². The van der Waals surface area contributed by atoms with Gasteiger partial charge in [0.1, 0.15) is 0 Å². The van der Waals surface area contributed by atoms with Crippen molar-refractivity contribution < 1.29 is 0 Å². The fourth-order valence-electron chi connectivity index (χ4n) is 1.65. The van der Waals surface area contributed by atoms with Gasteiger partial charge in [-0.15, -0.1) is 11.3 Å². The van der Waals surface area contributed by atoms with Crippen LogP contribution in [0.4, 0.5) is 0 Å². The molecule has 1 heterocycles. The number of nitrogens with zero attached hydrogens (tertiary/aromatic N) is 1. The molecule has 0 saturated carbocycles. The van der Waals surface area contributed by atoms with Crippen LogP contribution in [0.25, 0.3) is 0 Å². The van der Waals surface area contributed by atoms with Crippen LogP contribution in [0.3, 0.4) is 0 Å². The summed E-state index contributed by atoms with van der Waals surface area (Å²) in [7, 11) is 0. The molecule has 15 heavy (non-hydrogen) atoms. The van der Waals surface area contributed by atoms with Crippen LogP contribution in [0.2, 0.25) is 0 Å². The highest BCUT2D eigenvalue weighted by Crippen LogP contribution is 2.18. The van der Waals surface area contributed by atoms with Crippen molar-refractivity contribution in [3.63, 3.8) is 0 Å². The highest BCUT2D eigenvalue weighted by molar-refractivity contribution is 7.09. The third-order valence-electron chi connectivity index (χ3n) is 2.79. The van der Waals surface area contributed by atoms with Crippen LogP contribution < -0.4 is 5.32 Å². The van der Waals surface area contributed by atoms with Gasteiger partial charge in [-0.05, 0) is 26.2 Å². The van der Waals surface area contributed by atoms with Crippen LogP contribution in [0.15, 0.2) is 5.38 Å². The largest absolute Gasteiger partial charge is 0.306 e. The summed E-state index contributed by atoms with van der Waals surface area (Å²) < 4.78 is 0. The van der Waals surface area contributed by atoms with E-state index in [0.717, 1.165) is 6.42 Å². The molecule has 1 aromatic heterocycles. The van der Waals surface area contributed by atoms with Crippen molar-refractivity contribution in [2.24, 2.45) is 0 Å². The summed E-state index contributed by atoms with van der Waals surface area (Å²) in [4.78, 5) is 4.61. The van der Waals surface area contributed by atoms with E-state index in [1.807, 2.05) is 0 Å². The number of hydrogen-bond donors (Lipinski definition) is 1. The third kappa shape index (κ3) is 3.58. The Bertz CT molecular complexity index is 279. The Balaban J connectivity index is 2.55. The lowest BCUT2D eigenvalue weighted by Gasteiger charge is -2.19. The molecule has 0 aliphatic rings. The molecule has 0 aliphatic carbocycles. The molecule has 3 heteroatoms. The van der Waals surface area contributed by atoms with Crippen LogP contribution in [0, 0.1) is 0 Å². The van der Waals surface area contributed by atoms with Gasteiger partial charge in [0.25, 0.3) is 0 Å². The maximum absolute atomic E-state index is 4.61. The van der Waals surface area contributed by atoms with Gasteiger partial charge in [-0.2, -0.15) is 0 Å². The average Bonchev–Trinajstić information content (AvgIpc) is 2.74. The molecule has 1 atom stereocenters. The van der Waals surface area contributed by atoms with Crippen LogP contribution >= 0.6 is 11.3 Å². The second kappa shape index (κ2) is 6.23. The Kier molecular flexibility index (Phi) is 5.26. The number of hydrogen-bond acceptors (Lipinski definition) is 3. The summed E-state index contributed by atoms with van der Waals surface area (Å²) in [6.45, 7) is 8.81. The number of aryl methyl sites for hydroxylation is 1. The summed E-state index contributed by atoms with van der Waals surface area (Å²) in [6, 6.07) is 0.998. The van der Waals surface area contributed by atoms with Crippen molar-refractivity contribution in [2.75, 3.05) is 0 Å². The van der Waals surface area contributed by atoms with E-state index < -0.39 is 0 Å². The van der Waals surface area contributed by atoms with Crippen LogP contribution in [-0.4, -0.2) is 11.0 Å². The Morgan fingerprint density at radius 1 is 1.33 bits per heavy atom. The van der Waals surface area contributed by atoms with Crippen molar-refractivity contribution in [1.29, 1.82) is 0 Å². The van der Waals surface area contributed by atoms with Gasteiger partial charge in [-0.1, -0.05) is 20.8 Å². The zero-order valence-electron chi connectivity index (χ0n) is 10.2. The highest BCUT2D eigenvalue weighted by atomic mass is 32.1. The predicted octanol–water partition coefficient (Wildman–Crippen LogP) is 3.54. The molecule has 1 N–H and O–H groups in total. The fourth-order valence-corrected chi connectivity index (χ4v) is 2.49. The molecule has 0 fully saturated rings. The third-order valence-corrected chi connectivity index (χ3v) is 3.80. The number of rotatable bonds is 6. The molecule has 1 unspecified atom stereocenters. The molecule has 86 valence electrons. The summed E-state index contributed by atoms with van der Waals surface area (Å²) >= 11 is 1.77. The van der Waals surface area contributed by atoms with Gasteiger partial charge < -0.3 is 5.32 Å². The first-order valence-corrected chi connectivity index (χ1v) is 6.79. The summed E-state index contributed by atoms with van der Waals surface area (Å²) in [5, 5.41) is 7.03. The zero-order chi connectivity index (χ0) is 11.3. The topological polar surface area (TPSA) is 24.9 Å². The van der Waals surface area contributed by atoms with E-state index in [1.54, 1.807) is 11.3 Å². The predicted molar refractivity (Wildman–Crippen MR) is 67.4 cm³/mol. The molecule has 0 aromatic carbocycles. The normalized spacial score (nSPS) is 13.4. The average molecular weight is 226 g/mol. The van der Waals surface area contributed by atoms with Crippen LogP contribution in [-0.2, 0) is 6.42 Å². The van der Waals surface area contributed by atoms with Crippen LogP contribution in [0.1, 0.15) is 57.3 Å². The molecule has 1 aromatic rings. The highest BCUT2D eigenvalue weighted by Gasteiger charge is 2.12. The van der Waals surface area contributed by atoms with E-state index in [4.69, 9.17) is 0 Å². The second-order valence-electron chi connectivity index (χ2n) is 3.92. The molecule has 0 amide bonds. The summed E-state index contributed by atoms with van der Waals surface area (Å²) in [6.07, 6.45) is 3.42. The van der Waals surface area contributed by atoms with E-state index in [0.29, 0.717) is 12.1 Å².